The van der Waals surface area contributed by atoms with E-state index in [9.17, 15) is 0 Å². The smallest absolute Gasteiger partial charge is 0.172 e. The third-order valence-corrected chi connectivity index (χ3v) is 5.31. The average Bonchev–Trinajstić information content (AvgIpc) is 3.52. The Morgan fingerprint density at radius 2 is 1.31 bits per heavy atom. The molecule has 0 amide bonds. The first-order valence-electron chi connectivity index (χ1n) is 8.73. The predicted molar refractivity (Wildman–Crippen MR) is 119 cm³/mol. The molecule has 2 aliphatic rings. The number of aromatic nitrogens is 2. The van der Waals surface area contributed by atoms with Gasteiger partial charge < -0.3 is 0 Å². The summed E-state index contributed by atoms with van der Waals surface area (Å²) >= 11 is 4.69. The average molecular weight is 499 g/mol. The Hall–Kier alpha value is -1.18. The molecule has 2 fully saturated rings. The molecule has 5 rings (SSSR count). The van der Waals surface area contributed by atoms with E-state index in [-0.39, 0.29) is 17.1 Å². The zero-order chi connectivity index (χ0) is 19.2. The van der Waals surface area contributed by atoms with E-state index in [0.717, 1.165) is 26.6 Å². The van der Waals surface area contributed by atoms with Crippen LogP contribution in [-0.4, -0.2) is 8.75 Å². The van der Waals surface area contributed by atoms with Gasteiger partial charge in [-0.2, -0.15) is 8.75 Å². The summed E-state index contributed by atoms with van der Waals surface area (Å²) in [6.07, 6.45) is 18.3. The molecule has 140 valence electrons. The maximum absolute atomic E-state index is 4.34. The van der Waals surface area contributed by atoms with Gasteiger partial charge in [0.15, 0.2) is 0 Å². The number of fused-ring (bicyclic) bond motifs is 1. The summed E-state index contributed by atoms with van der Waals surface area (Å²) in [5.74, 6) is 7.64. The minimum Gasteiger partial charge on any atom is -0.172 e. The Morgan fingerprint density at radius 1 is 0.690 bits per heavy atom. The van der Waals surface area contributed by atoms with E-state index in [4.69, 9.17) is 0 Å². The second-order valence-electron chi connectivity index (χ2n) is 6.02. The van der Waals surface area contributed by atoms with Crippen molar-refractivity contribution >= 4 is 38.7 Å². The SMILES string of the molecule is Brc1ccc(C#Cc2ccc([C]3[CH][CH][CH][CH]3)cc2)c2nsnc12.[CH]1[CH][CH][CH][CH]1.[Fe+2]. The number of rotatable bonds is 1. The van der Waals surface area contributed by atoms with Crippen LogP contribution < -0.4 is 0 Å². The molecule has 0 atom stereocenters. The maximum Gasteiger partial charge on any atom is 2.00 e. The third kappa shape index (κ3) is 5.92. The molecule has 0 bridgehead atoms. The molecule has 5 heteroatoms. The first-order valence-corrected chi connectivity index (χ1v) is 10.3. The van der Waals surface area contributed by atoms with Crippen molar-refractivity contribution in [1.29, 1.82) is 0 Å². The zero-order valence-electron chi connectivity index (χ0n) is 15.2. The Bertz CT molecular complexity index is 970. The van der Waals surface area contributed by atoms with Crippen LogP contribution in [0.2, 0.25) is 0 Å². The zero-order valence-corrected chi connectivity index (χ0v) is 18.7. The van der Waals surface area contributed by atoms with Crippen LogP contribution in [0.1, 0.15) is 16.7 Å². The van der Waals surface area contributed by atoms with E-state index in [1.54, 1.807) is 0 Å². The topological polar surface area (TPSA) is 25.8 Å². The number of nitrogens with zero attached hydrogens (tertiary/aromatic N) is 2. The summed E-state index contributed by atoms with van der Waals surface area (Å²) in [4.78, 5) is 0. The van der Waals surface area contributed by atoms with Crippen LogP contribution >= 0.6 is 27.7 Å². The molecule has 10 radical (unpaired) electrons. The van der Waals surface area contributed by atoms with E-state index in [2.05, 4.69) is 61.5 Å². The van der Waals surface area contributed by atoms with Gasteiger partial charge in [-0.05, 0) is 104 Å². The second-order valence-corrected chi connectivity index (χ2v) is 7.40. The Balaban J connectivity index is 0.000000352. The van der Waals surface area contributed by atoms with Gasteiger partial charge in [0, 0.05) is 16.0 Å². The molecule has 2 nitrogen and oxygen atoms in total. The van der Waals surface area contributed by atoms with Crippen molar-refractivity contribution in [3.8, 4) is 11.8 Å². The van der Waals surface area contributed by atoms with Crippen molar-refractivity contribution < 1.29 is 17.1 Å². The van der Waals surface area contributed by atoms with Gasteiger partial charge >= 0.3 is 17.1 Å². The normalized spacial score (nSPS) is 15.9. The quantitative estimate of drug-likeness (QED) is 0.321. The number of hydrogen-bond donors (Lipinski definition) is 0. The van der Waals surface area contributed by atoms with Crippen molar-refractivity contribution in [1.82, 2.24) is 8.75 Å². The molecule has 0 spiro atoms. The fourth-order valence-corrected chi connectivity index (χ4v) is 3.81. The molecule has 2 aliphatic carbocycles. The van der Waals surface area contributed by atoms with Crippen LogP contribution in [0.4, 0.5) is 0 Å². The summed E-state index contributed by atoms with van der Waals surface area (Å²) in [5.41, 5.74) is 4.81. The molecule has 0 unspecified atom stereocenters. The Morgan fingerprint density at radius 3 is 1.97 bits per heavy atom. The molecular weight excluding hydrogens is 484 g/mol. The van der Waals surface area contributed by atoms with Gasteiger partial charge in [0.25, 0.3) is 0 Å². The van der Waals surface area contributed by atoms with Gasteiger partial charge in [-0.25, -0.2) is 0 Å². The van der Waals surface area contributed by atoms with Crippen molar-refractivity contribution in [2.75, 3.05) is 0 Å². The summed E-state index contributed by atoms with van der Waals surface area (Å²) in [7, 11) is 0. The molecule has 3 aromatic rings. The summed E-state index contributed by atoms with van der Waals surface area (Å²) in [6, 6.07) is 12.2. The monoisotopic (exact) mass is 498 g/mol. The van der Waals surface area contributed by atoms with Crippen LogP contribution in [0.5, 0.6) is 0 Å². The number of benzene rings is 2. The molecule has 29 heavy (non-hydrogen) atoms. The predicted octanol–water partition coefficient (Wildman–Crippen LogP) is 5.63. The van der Waals surface area contributed by atoms with Gasteiger partial charge in [-0.3, -0.25) is 0 Å². The Labute approximate surface area is 196 Å². The minimum absolute atomic E-state index is 0. The summed E-state index contributed by atoms with van der Waals surface area (Å²) in [6.45, 7) is 0. The molecular formula is C24H15BrFeN2S+2. The Kier molecular flexibility index (Phi) is 8.75. The van der Waals surface area contributed by atoms with Crippen molar-refractivity contribution in [2.45, 2.75) is 0 Å². The third-order valence-electron chi connectivity index (χ3n) is 4.14. The fourth-order valence-electron chi connectivity index (χ4n) is 2.71. The molecule has 1 aromatic heterocycles. The van der Waals surface area contributed by atoms with Crippen LogP contribution in [0.15, 0.2) is 40.9 Å². The number of hydrogen-bond acceptors (Lipinski definition) is 3. The van der Waals surface area contributed by atoms with Crippen LogP contribution in [0, 0.1) is 75.5 Å². The van der Waals surface area contributed by atoms with E-state index in [1.165, 1.54) is 23.2 Å². The van der Waals surface area contributed by atoms with E-state index >= 15 is 0 Å². The molecule has 0 aliphatic heterocycles. The molecule has 2 saturated carbocycles. The van der Waals surface area contributed by atoms with Gasteiger partial charge in [0.05, 0.1) is 17.3 Å². The van der Waals surface area contributed by atoms with E-state index in [0.29, 0.717) is 0 Å². The summed E-state index contributed by atoms with van der Waals surface area (Å²) < 4.78 is 9.58. The van der Waals surface area contributed by atoms with Crippen molar-refractivity contribution in [3.63, 3.8) is 0 Å². The van der Waals surface area contributed by atoms with Gasteiger partial charge in [-0.1, -0.05) is 24.0 Å². The minimum atomic E-state index is 0. The van der Waals surface area contributed by atoms with Gasteiger partial charge in [0.2, 0.25) is 0 Å². The van der Waals surface area contributed by atoms with E-state index < -0.39 is 0 Å². The van der Waals surface area contributed by atoms with Crippen LogP contribution in [-0.2, 0) is 17.1 Å². The van der Waals surface area contributed by atoms with Crippen LogP contribution in [0.25, 0.3) is 11.0 Å². The first kappa shape index (κ1) is 22.5. The standard InChI is InChI=1S/C19H10BrN2S.C5H5.Fe/c20-17-12-11-16(18-19(17)22-23-21-18)10-7-13-5-8-15(9-6-13)14-3-1-2-4-14;1-2-4-5-3-1;/h1-6,8-9,11-12H;1-5H;/q;;+2. The first-order chi connectivity index (χ1) is 13.8. The van der Waals surface area contributed by atoms with E-state index in [1.807, 2.05) is 69.2 Å². The number of halogens is 1. The molecule has 0 N–H and O–H groups in total. The maximum atomic E-state index is 4.34. The second kappa shape index (κ2) is 11.3. The molecule has 0 saturated heterocycles. The molecule has 2 aromatic carbocycles. The van der Waals surface area contributed by atoms with Crippen molar-refractivity contribution in [3.05, 3.63) is 121 Å². The van der Waals surface area contributed by atoms with Crippen LogP contribution in [0.3, 0.4) is 0 Å². The summed E-state index contributed by atoms with van der Waals surface area (Å²) in [5, 5.41) is 0. The van der Waals surface area contributed by atoms with Gasteiger partial charge in [-0.15, -0.1) is 0 Å². The van der Waals surface area contributed by atoms with Gasteiger partial charge in [0.1, 0.15) is 11.0 Å². The largest absolute Gasteiger partial charge is 2.00 e. The fraction of sp³-hybridized carbons (Fsp3) is 0. The van der Waals surface area contributed by atoms with Crippen molar-refractivity contribution in [2.24, 2.45) is 0 Å². The molecule has 1 heterocycles.